The van der Waals surface area contributed by atoms with Gasteiger partial charge in [0, 0.05) is 28.1 Å². The average Bonchev–Trinajstić information content (AvgIpc) is 3.13. The monoisotopic (exact) mass is 422 g/mol. The summed E-state index contributed by atoms with van der Waals surface area (Å²) in [5.41, 5.74) is 3.83. The number of carboxylic acids is 1. The van der Waals surface area contributed by atoms with Gasteiger partial charge in [-0.1, -0.05) is 48.0 Å². The van der Waals surface area contributed by atoms with Crippen LogP contribution in [0, 0.1) is 0 Å². The predicted molar refractivity (Wildman–Crippen MR) is 113 cm³/mol. The van der Waals surface area contributed by atoms with E-state index >= 15 is 0 Å². The number of carbonyl (C=O) groups is 1. The summed E-state index contributed by atoms with van der Waals surface area (Å²) in [5.74, 6) is 0.868. The lowest BCUT2D eigenvalue weighted by Crippen LogP contribution is -2.21. The maximum atomic E-state index is 11.1. The fourth-order valence-corrected chi connectivity index (χ4v) is 4.23. The zero-order chi connectivity index (χ0) is 20.7. The van der Waals surface area contributed by atoms with Crippen LogP contribution >= 0.6 is 11.6 Å². The minimum Gasteiger partial charge on any atom is -0.492 e. The van der Waals surface area contributed by atoms with Crippen LogP contribution in [0.5, 0.6) is 17.2 Å². The van der Waals surface area contributed by atoms with E-state index in [1.165, 1.54) is 0 Å². The van der Waals surface area contributed by atoms with Crippen molar-refractivity contribution in [2.75, 3.05) is 13.2 Å². The summed E-state index contributed by atoms with van der Waals surface area (Å²) in [7, 11) is 0. The molecule has 0 saturated carbocycles. The highest BCUT2D eigenvalue weighted by atomic mass is 35.5. The smallest absolute Gasteiger partial charge is 0.304 e. The highest BCUT2D eigenvalue weighted by Crippen LogP contribution is 2.46. The summed E-state index contributed by atoms with van der Waals surface area (Å²) in [6, 6.07) is 19.5. The molecule has 0 fully saturated rings. The van der Waals surface area contributed by atoms with E-state index < -0.39 is 5.97 Å². The number of benzene rings is 3. The number of hydrogen-bond acceptors (Lipinski definition) is 4. The van der Waals surface area contributed by atoms with Crippen LogP contribution in [-0.4, -0.2) is 24.3 Å². The van der Waals surface area contributed by atoms with E-state index in [0.717, 1.165) is 22.3 Å². The molecule has 2 heterocycles. The van der Waals surface area contributed by atoms with Crippen LogP contribution in [0.3, 0.4) is 0 Å². The largest absolute Gasteiger partial charge is 0.492 e. The Bertz CT molecular complexity index is 1130. The molecule has 0 aromatic heterocycles. The summed E-state index contributed by atoms with van der Waals surface area (Å²) in [5, 5.41) is 9.80. The highest BCUT2D eigenvalue weighted by molar-refractivity contribution is 6.33. The maximum Gasteiger partial charge on any atom is 0.304 e. The van der Waals surface area contributed by atoms with Crippen molar-refractivity contribution in [1.29, 1.82) is 0 Å². The van der Waals surface area contributed by atoms with E-state index in [4.69, 9.17) is 30.9 Å². The van der Waals surface area contributed by atoms with Crippen molar-refractivity contribution >= 4 is 17.6 Å². The Labute approximate surface area is 178 Å². The van der Waals surface area contributed by atoms with E-state index in [9.17, 15) is 4.79 Å². The van der Waals surface area contributed by atoms with Gasteiger partial charge >= 0.3 is 5.97 Å². The molecule has 0 radical (unpaired) electrons. The van der Waals surface area contributed by atoms with Crippen LogP contribution in [-0.2, 0) is 4.79 Å². The third-order valence-corrected chi connectivity index (χ3v) is 5.81. The molecule has 6 heteroatoms. The molecule has 0 aliphatic carbocycles. The molecular formula is C24H19ClO5. The van der Waals surface area contributed by atoms with Gasteiger partial charge in [-0.3, -0.25) is 4.79 Å². The molecule has 1 N–H and O–H groups in total. The van der Waals surface area contributed by atoms with Gasteiger partial charge in [0.25, 0.3) is 0 Å². The molecule has 5 nitrogen and oxygen atoms in total. The predicted octanol–water partition coefficient (Wildman–Crippen LogP) is 5.47. The maximum absolute atomic E-state index is 11.1. The Morgan fingerprint density at radius 1 is 0.967 bits per heavy atom. The lowest BCUT2D eigenvalue weighted by molar-refractivity contribution is -0.137. The molecule has 3 aromatic carbocycles. The first kappa shape index (κ1) is 18.8. The molecule has 2 aliphatic heterocycles. The third kappa shape index (κ3) is 3.46. The molecule has 0 spiro atoms. The lowest BCUT2D eigenvalue weighted by Gasteiger charge is -2.27. The van der Waals surface area contributed by atoms with Crippen molar-refractivity contribution in [2.45, 2.75) is 18.4 Å². The molecule has 5 rings (SSSR count). The third-order valence-electron chi connectivity index (χ3n) is 5.48. The molecule has 3 aromatic rings. The Morgan fingerprint density at radius 3 is 2.63 bits per heavy atom. The van der Waals surface area contributed by atoms with Crippen molar-refractivity contribution in [1.82, 2.24) is 0 Å². The van der Waals surface area contributed by atoms with Gasteiger partial charge in [0.2, 0.25) is 0 Å². The average molecular weight is 423 g/mol. The van der Waals surface area contributed by atoms with E-state index in [-0.39, 0.29) is 18.4 Å². The van der Waals surface area contributed by atoms with Crippen molar-refractivity contribution in [3.63, 3.8) is 0 Å². The number of fused-ring (bicyclic) bond motifs is 2. The van der Waals surface area contributed by atoms with Gasteiger partial charge in [-0.05, 0) is 29.3 Å². The molecule has 2 atom stereocenters. The van der Waals surface area contributed by atoms with Gasteiger partial charge in [0.05, 0.1) is 13.0 Å². The zero-order valence-electron chi connectivity index (χ0n) is 16.0. The summed E-state index contributed by atoms with van der Waals surface area (Å²) in [6.07, 6.45) is -0.237. The Kier molecular flexibility index (Phi) is 4.75. The van der Waals surface area contributed by atoms with E-state index in [0.29, 0.717) is 35.5 Å². The molecule has 0 amide bonds. The zero-order valence-corrected chi connectivity index (χ0v) is 16.8. The van der Waals surface area contributed by atoms with Crippen molar-refractivity contribution in [3.05, 3.63) is 76.8 Å². The van der Waals surface area contributed by atoms with Gasteiger partial charge in [0.15, 0.2) is 17.6 Å². The second-order valence-corrected chi connectivity index (χ2v) is 7.87. The number of carboxylic acid groups (broad SMARTS) is 1. The first-order chi connectivity index (χ1) is 14.6. The van der Waals surface area contributed by atoms with Gasteiger partial charge in [-0.25, -0.2) is 0 Å². The van der Waals surface area contributed by atoms with Crippen LogP contribution in [0.1, 0.15) is 29.6 Å². The highest BCUT2D eigenvalue weighted by Gasteiger charge is 2.31. The molecule has 1 unspecified atom stereocenters. The van der Waals surface area contributed by atoms with Gasteiger partial charge in [0.1, 0.15) is 12.4 Å². The minimum absolute atomic E-state index is 0.0319. The number of aliphatic carboxylic acids is 1. The molecule has 152 valence electrons. The second-order valence-electron chi connectivity index (χ2n) is 7.47. The second kappa shape index (κ2) is 7.58. The fraction of sp³-hybridized carbons (Fsp3) is 0.208. The van der Waals surface area contributed by atoms with Crippen LogP contribution in [0.4, 0.5) is 0 Å². The van der Waals surface area contributed by atoms with Crippen LogP contribution in [0.15, 0.2) is 60.7 Å². The molecular weight excluding hydrogens is 404 g/mol. The standard InChI is InChI=1S/C24H19ClO5/c25-19-7-2-1-6-17(19)14-4-3-5-15(8-14)23-13-29-21-10-18-16(9-24(26)27)12-28-20(18)11-22(21)30-23/h1-8,10-11,16,23H,9,12-13H2,(H,26,27)/t16-,23?/m1/s1. The SMILES string of the molecule is O=C(O)C[C@@H]1COc2cc3c(cc21)OCC(c1cccc(-c2ccccc2Cl)c1)O3. The van der Waals surface area contributed by atoms with E-state index in [2.05, 4.69) is 6.07 Å². The Morgan fingerprint density at radius 2 is 1.80 bits per heavy atom. The summed E-state index contributed by atoms with van der Waals surface area (Å²) < 4.78 is 17.9. The van der Waals surface area contributed by atoms with E-state index in [1.54, 1.807) is 6.07 Å². The van der Waals surface area contributed by atoms with Crippen molar-refractivity contribution in [3.8, 4) is 28.4 Å². The Balaban J connectivity index is 1.41. The van der Waals surface area contributed by atoms with Gasteiger partial charge in [-0.15, -0.1) is 0 Å². The molecule has 0 saturated heterocycles. The number of rotatable bonds is 4. The topological polar surface area (TPSA) is 65.0 Å². The summed E-state index contributed by atoms with van der Waals surface area (Å²) in [6.45, 7) is 0.718. The van der Waals surface area contributed by atoms with Crippen LogP contribution in [0.25, 0.3) is 11.1 Å². The van der Waals surface area contributed by atoms with Crippen LogP contribution < -0.4 is 14.2 Å². The normalized spacial score (nSPS) is 19.1. The number of ether oxygens (including phenoxy) is 3. The minimum atomic E-state index is -0.843. The fourth-order valence-electron chi connectivity index (χ4n) is 3.98. The number of hydrogen-bond donors (Lipinski definition) is 1. The van der Waals surface area contributed by atoms with Crippen molar-refractivity contribution in [2.24, 2.45) is 0 Å². The first-order valence-electron chi connectivity index (χ1n) is 9.75. The van der Waals surface area contributed by atoms with Gasteiger partial charge in [-0.2, -0.15) is 0 Å². The number of halogens is 1. The molecule has 2 aliphatic rings. The lowest BCUT2D eigenvalue weighted by atomic mass is 9.97. The summed E-state index contributed by atoms with van der Waals surface area (Å²) >= 11 is 6.35. The first-order valence-corrected chi connectivity index (χ1v) is 10.1. The quantitative estimate of drug-likeness (QED) is 0.604. The van der Waals surface area contributed by atoms with Crippen molar-refractivity contribution < 1.29 is 24.1 Å². The molecule has 0 bridgehead atoms. The summed E-state index contributed by atoms with van der Waals surface area (Å²) in [4.78, 5) is 11.1. The van der Waals surface area contributed by atoms with Gasteiger partial charge < -0.3 is 19.3 Å². The Hall–Kier alpha value is -3.18. The molecule has 30 heavy (non-hydrogen) atoms. The van der Waals surface area contributed by atoms with E-state index in [1.807, 2.05) is 48.5 Å². The van der Waals surface area contributed by atoms with Crippen LogP contribution in [0.2, 0.25) is 5.02 Å².